The number of carboxylic acid groups (broad SMARTS) is 1. The van der Waals surface area contributed by atoms with Gasteiger partial charge in [-0.3, -0.25) is 9.69 Å². The van der Waals surface area contributed by atoms with Crippen molar-refractivity contribution >= 4 is 5.97 Å². The maximum atomic E-state index is 10.8. The topological polar surface area (TPSA) is 43.8 Å². The number of carbonyl (C=O) groups is 1. The fourth-order valence-electron chi connectivity index (χ4n) is 3.08. The van der Waals surface area contributed by atoms with Crippen LogP contribution in [-0.2, 0) is 4.79 Å². The van der Waals surface area contributed by atoms with Crippen molar-refractivity contribution in [3.05, 3.63) is 0 Å². The first kappa shape index (κ1) is 12.8. The molecule has 2 saturated heterocycles. The fourth-order valence-corrected chi connectivity index (χ4v) is 3.08. The summed E-state index contributed by atoms with van der Waals surface area (Å²) in [6, 6.07) is 0.289. The van der Waals surface area contributed by atoms with Gasteiger partial charge in [0.15, 0.2) is 0 Å². The lowest BCUT2D eigenvalue weighted by molar-refractivity contribution is -0.138. The quantitative estimate of drug-likeness (QED) is 0.789. The molecule has 1 N–H and O–H groups in total. The highest BCUT2D eigenvalue weighted by Gasteiger charge is 2.26. The molecular weight excluding hydrogens is 216 g/mol. The summed E-state index contributed by atoms with van der Waals surface area (Å²) in [5.41, 5.74) is 0. The molecule has 1 unspecified atom stereocenters. The summed E-state index contributed by atoms with van der Waals surface area (Å²) < 4.78 is 0. The molecule has 0 amide bonds. The van der Waals surface area contributed by atoms with Crippen molar-refractivity contribution in [1.82, 2.24) is 9.80 Å². The number of hydrogen-bond donors (Lipinski definition) is 1. The Labute approximate surface area is 104 Å². The van der Waals surface area contributed by atoms with E-state index in [1.165, 1.54) is 32.4 Å². The van der Waals surface area contributed by atoms with E-state index >= 15 is 0 Å². The second-order valence-corrected chi connectivity index (χ2v) is 5.33. The maximum absolute atomic E-state index is 10.8. The van der Waals surface area contributed by atoms with E-state index < -0.39 is 5.97 Å². The summed E-state index contributed by atoms with van der Waals surface area (Å²) in [7, 11) is 0. The van der Waals surface area contributed by atoms with Crippen molar-refractivity contribution in [3.8, 4) is 0 Å². The van der Waals surface area contributed by atoms with E-state index in [4.69, 9.17) is 5.11 Å². The highest BCUT2D eigenvalue weighted by Crippen LogP contribution is 2.20. The van der Waals surface area contributed by atoms with Crippen molar-refractivity contribution in [1.29, 1.82) is 0 Å². The van der Waals surface area contributed by atoms with E-state index in [0.717, 1.165) is 32.5 Å². The van der Waals surface area contributed by atoms with Gasteiger partial charge < -0.3 is 10.0 Å². The van der Waals surface area contributed by atoms with Crippen LogP contribution in [-0.4, -0.2) is 59.6 Å². The molecule has 2 rings (SSSR count). The van der Waals surface area contributed by atoms with E-state index in [2.05, 4.69) is 9.80 Å². The van der Waals surface area contributed by atoms with E-state index in [0.29, 0.717) is 6.42 Å². The molecule has 2 fully saturated rings. The molecule has 2 heterocycles. The van der Waals surface area contributed by atoms with Gasteiger partial charge in [-0.1, -0.05) is 6.42 Å². The normalized spacial score (nSPS) is 27.4. The fraction of sp³-hybridized carbons (Fsp3) is 0.923. The zero-order chi connectivity index (χ0) is 12.1. The molecule has 2 aliphatic heterocycles. The van der Waals surface area contributed by atoms with Gasteiger partial charge in [0.25, 0.3) is 0 Å². The number of aliphatic carboxylic acids is 1. The molecule has 0 saturated carbocycles. The summed E-state index contributed by atoms with van der Waals surface area (Å²) in [6.07, 6.45) is 6.59. The van der Waals surface area contributed by atoms with Crippen molar-refractivity contribution in [3.63, 3.8) is 0 Å². The Morgan fingerprint density at radius 3 is 2.53 bits per heavy atom. The molecule has 0 spiro atoms. The highest BCUT2D eigenvalue weighted by atomic mass is 16.4. The van der Waals surface area contributed by atoms with E-state index in [-0.39, 0.29) is 6.04 Å². The standard InChI is InChI=1S/C13H24N2O2/c16-13(17)11-12-5-4-8-15(12)10-9-14-6-2-1-3-7-14/h12H,1-11H2,(H,16,17). The van der Waals surface area contributed by atoms with Gasteiger partial charge in [0.2, 0.25) is 0 Å². The molecule has 17 heavy (non-hydrogen) atoms. The lowest BCUT2D eigenvalue weighted by Gasteiger charge is -2.30. The van der Waals surface area contributed by atoms with Crippen molar-refractivity contribution < 1.29 is 9.90 Å². The first-order chi connectivity index (χ1) is 8.25. The molecule has 4 heteroatoms. The average Bonchev–Trinajstić information content (AvgIpc) is 2.74. The smallest absolute Gasteiger partial charge is 0.304 e. The molecular formula is C13H24N2O2. The molecule has 4 nitrogen and oxygen atoms in total. The summed E-state index contributed by atoms with van der Waals surface area (Å²) in [4.78, 5) is 15.7. The summed E-state index contributed by atoms with van der Waals surface area (Å²) in [5, 5.41) is 8.87. The summed E-state index contributed by atoms with van der Waals surface area (Å²) >= 11 is 0. The predicted octanol–water partition coefficient (Wildman–Crippen LogP) is 1.41. The van der Waals surface area contributed by atoms with Crippen molar-refractivity contribution in [2.45, 2.75) is 44.6 Å². The Hall–Kier alpha value is -0.610. The first-order valence-corrected chi connectivity index (χ1v) is 6.94. The van der Waals surface area contributed by atoms with Gasteiger partial charge in [-0.15, -0.1) is 0 Å². The maximum Gasteiger partial charge on any atom is 0.304 e. The average molecular weight is 240 g/mol. The number of piperidine rings is 1. The SMILES string of the molecule is O=C(O)CC1CCCN1CCN1CCCCC1. The molecule has 98 valence electrons. The molecule has 1 atom stereocenters. The highest BCUT2D eigenvalue weighted by molar-refractivity contribution is 5.67. The van der Waals surface area contributed by atoms with Crippen LogP contribution in [0.5, 0.6) is 0 Å². The van der Waals surface area contributed by atoms with Crippen LogP contribution in [0.2, 0.25) is 0 Å². The Kier molecular flexibility index (Phi) is 4.80. The molecule has 0 bridgehead atoms. The van der Waals surface area contributed by atoms with E-state index in [1.807, 2.05) is 0 Å². The van der Waals surface area contributed by atoms with Crippen LogP contribution < -0.4 is 0 Å². The Balaban J connectivity index is 1.71. The van der Waals surface area contributed by atoms with Crippen molar-refractivity contribution in [2.75, 3.05) is 32.7 Å². The summed E-state index contributed by atoms with van der Waals surface area (Å²) in [5.74, 6) is -0.653. The lowest BCUT2D eigenvalue weighted by Crippen LogP contribution is -2.40. The number of hydrogen-bond acceptors (Lipinski definition) is 3. The predicted molar refractivity (Wildman–Crippen MR) is 67.1 cm³/mol. The molecule has 0 aromatic heterocycles. The van der Waals surface area contributed by atoms with Gasteiger partial charge in [-0.2, -0.15) is 0 Å². The van der Waals surface area contributed by atoms with Gasteiger partial charge in [0, 0.05) is 19.1 Å². The van der Waals surface area contributed by atoms with Crippen LogP contribution in [0.1, 0.15) is 38.5 Å². The minimum Gasteiger partial charge on any atom is -0.481 e. The van der Waals surface area contributed by atoms with E-state index in [9.17, 15) is 4.79 Å². The van der Waals surface area contributed by atoms with Crippen LogP contribution >= 0.6 is 0 Å². The van der Waals surface area contributed by atoms with Gasteiger partial charge in [-0.05, 0) is 45.3 Å². The van der Waals surface area contributed by atoms with Crippen LogP contribution in [0, 0.1) is 0 Å². The zero-order valence-corrected chi connectivity index (χ0v) is 10.6. The lowest BCUT2D eigenvalue weighted by atomic mass is 10.1. The number of rotatable bonds is 5. The van der Waals surface area contributed by atoms with Crippen LogP contribution in [0.3, 0.4) is 0 Å². The minimum atomic E-state index is -0.653. The number of carboxylic acids is 1. The summed E-state index contributed by atoms with van der Waals surface area (Å²) in [6.45, 7) is 5.73. The van der Waals surface area contributed by atoms with Gasteiger partial charge in [0.05, 0.1) is 6.42 Å². The third kappa shape index (κ3) is 3.96. The Morgan fingerprint density at radius 1 is 1.06 bits per heavy atom. The first-order valence-electron chi connectivity index (χ1n) is 6.94. The van der Waals surface area contributed by atoms with Gasteiger partial charge in [-0.25, -0.2) is 0 Å². The molecule has 2 aliphatic rings. The zero-order valence-electron chi connectivity index (χ0n) is 10.6. The van der Waals surface area contributed by atoms with Crippen LogP contribution in [0.15, 0.2) is 0 Å². The van der Waals surface area contributed by atoms with Crippen molar-refractivity contribution in [2.24, 2.45) is 0 Å². The molecule has 0 aromatic carbocycles. The van der Waals surface area contributed by atoms with Crippen LogP contribution in [0.4, 0.5) is 0 Å². The largest absolute Gasteiger partial charge is 0.481 e. The molecule has 0 aliphatic carbocycles. The molecule has 0 radical (unpaired) electrons. The monoisotopic (exact) mass is 240 g/mol. The third-order valence-electron chi connectivity index (χ3n) is 4.06. The van der Waals surface area contributed by atoms with Gasteiger partial charge >= 0.3 is 5.97 Å². The Bertz CT molecular complexity index is 252. The second kappa shape index (κ2) is 6.36. The second-order valence-electron chi connectivity index (χ2n) is 5.33. The van der Waals surface area contributed by atoms with E-state index in [1.54, 1.807) is 0 Å². The molecule has 0 aromatic rings. The number of likely N-dealkylation sites (tertiary alicyclic amines) is 2. The minimum absolute atomic E-state index is 0.289. The third-order valence-corrected chi connectivity index (χ3v) is 4.06. The number of nitrogens with zero attached hydrogens (tertiary/aromatic N) is 2. The van der Waals surface area contributed by atoms with Gasteiger partial charge in [0.1, 0.15) is 0 Å². The van der Waals surface area contributed by atoms with Crippen LogP contribution in [0.25, 0.3) is 0 Å². The Morgan fingerprint density at radius 2 is 1.82 bits per heavy atom.